The predicted octanol–water partition coefficient (Wildman–Crippen LogP) is 7.81. The summed E-state index contributed by atoms with van der Waals surface area (Å²) in [6.07, 6.45) is 6.28. The van der Waals surface area contributed by atoms with E-state index >= 15 is 0 Å². The molecule has 2 aromatic carbocycles. The summed E-state index contributed by atoms with van der Waals surface area (Å²) in [4.78, 5) is 30.1. The lowest BCUT2D eigenvalue weighted by Crippen LogP contribution is -2.28. The number of likely N-dealkylation sites (N-methyl/N-ethyl adjacent to an activating group) is 1. The van der Waals surface area contributed by atoms with Crippen LogP contribution in [0.4, 0.5) is 0 Å². The smallest absolute Gasteiger partial charge is 0.248 e. The van der Waals surface area contributed by atoms with Gasteiger partial charge in [0.25, 0.3) is 0 Å². The Kier molecular flexibility index (Phi) is 26.8. The first kappa shape index (κ1) is 41.3. The number of aliphatic hydroxyl groups excluding tert-OH is 1. The normalized spacial score (nSPS) is 10.0. The van der Waals surface area contributed by atoms with E-state index in [2.05, 4.69) is 63.9 Å². The zero-order valence-electron chi connectivity index (χ0n) is 27.0. The van der Waals surface area contributed by atoms with E-state index in [1.54, 1.807) is 6.92 Å². The zero-order chi connectivity index (χ0) is 31.6. The average molecular weight is 554 g/mol. The van der Waals surface area contributed by atoms with Crippen LogP contribution in [-0.4, -0.2) is 36.2 Å². The Balaban J connectivity index is -0.000000545. The van der Waals surface area contributed by atoms with Crippen molar-refractivity contribution in [3.8, 4) is 11.8 Å². The minimum Gasteiger partial charge on any atom is -0.384 e. The first-order chi connectivity index (χ1) is 19.0. The van der Waals surface area contributed by atoms with Crippen LogP contribution in [0.5, 0.6) is 0 Å². The van der Waals surface area contributed by atoms with Crippen molar-refractivity contribution in [3.05, 3.63) is 70.8 Å². The van der Waals surface area contributed by atoms with Crippen molar-refractivity contribution >= 4 is 18.0 Å². The van der Waals surface area contributed by atoms with E-state index in [0.29, 0.717) is 5.41 Å². The number of aldehydes is 1. The van der Waals surface area contributed by atoms with E-state index < -0.39 is 6.10 Å². The van der Waals surface area contributed by atoms with Crippen molar-refractivity contribution in [1.29, 1.82) is 0 Å². The summed E-state index contributed by atoms with van der Waals surface area (Å²) in [5.41, 5.74) is 4.63. The second-order valence-electron chi connectivity index (χ2n) is 8.87. The molecule has 0 saturated heterocycles. The Morgan fingerprint density at radius 3 is 1.40 bits per heavy atom. The molecule has 0 saturated carbocycles. The molecule has 1 amide bonds. The molecule has 0 fully saturated rings. The van der Waals surface area contributed by atoms with Gasteiger partial charge in [-0.2, -0.15) is 0 Å². The number of hydrogen-bond donors (Lipinski definition) is 2. The van der Waals surface area contributed by atoms with Gasteiger partial charge in [-0.25, -0.2) is 0 Å². The number of hydrogen-bond acceptors (Lipinski definition) is 4. The minimum absolute atomic E-state index is 0.0784. The van der Waals surface area contributed by atoms with Crippen LogP contribution in [0.2, 0.25) is 0 Å². The second kappa shape index (κ2) is 26.0. The number of carbonyl (C=O) groups excluding carboxylic acids is 3. The predicted molar refractivity (Wildman–Crippen MR) is 171 cm³/mol. The van der Waals surface area contributed by atoms with Gasteiger partial charge in [0, 0.05) is 23.7 Å². The Morgan fingerprint density at radius 2 is 1.20 bits per heavy atom. The van der Waals surface area contributed by atoms with Gasteiger partial charge in [-0.3, -0.25) is 9.59 Å². The monoisotopic (exact) mass is 553 g/mol. The molecule has 2 rings (SSSR count). The Hall–Kier alpha value is -3.23. The number of amides is 1. The standard InChI is InChI=1S/C18H16O.C9H20.C4H9NO2.C2H4O.C2H6/c1-3-15-4-6-16(7-5-15)8-9-17-10-12-18(13-11-17)14(2)19;1-5-9(6-2,7-3)8-4;1-3(6)4(7)5-2;1-2-3;1-2/h4-7,10-13H,3H2,1-2H3;5-8H2,1-4H3;3,6H,1-2H3,(H,5,7);2H,1H3;1-2H3. The summed E-state index contributed by atoms with van der Waals surface area (Å²) >= 11 is 0. The van der Waals surface area contributed by atoms with Gasteiger partial charge in [-0.1, -0.05) is 110 Å². The molecule has 5 nitrogen and oxygen atoms in total. The number of rotatable bonds is 7. The number of carbonyl (C=O) groups is 3. The molecule has 0 aromatic heterocycles. The van der Waals surface area contributed by atoms with Crippen LogP contribution < -0.4 is 5.32 Å². The summed E-state index contributed by atoms with van der Waals surface area (Å²) in [6.45, 7) is 19.8. The first-order valence-corrected chi connectivity index (χ1v) is 14.5. The maximum absolute atomic E-state index is 11.2. The van der Waals surface area contributed by atoms with Crippen molar-refractivity contribution in [1.82, 2.24) is 5.32 Å². The average Bonchev–Trinajstić information content (AvgIpc) is 2.99. The third kappa shape index (κ3) is 18.9. The molecule has 0 aliphatic rings. The number of aryl methyl sites for hydroxylation is 1. The van der Waals surface area contributed by atoms with Gasteiger partial charge in [-0.15, -0.1) is 0 Å². The first-order valence-electron chi connectivity index (χ1n) is 14.5. The summed E-state index contributed by atoms with van der Waals surface area (Å²) < 4.78 is 0. The summed E-state index contributed by atoms with van der Waals surface area (Å²) in [5.74, 6) is 5.96. The van der Waals surface area contributed by atoms with E-state index in [4.69, 9.17) is 9.90 Å². The molecule has 2 aromatic rings. The van der Waals surface area contributed by atoms with Crippen molar-refractivity contribution in [2.45, 2.75) is 107 Å². The highest BCUT2D eigenvalue weighted by molar-refractivity contribution is 5.94. The van der Waals surface area contributed by atoms with Crippen LogP contribution in [-0.2, 0) is 16.0 Å². The Morgan fingerprint density at radius 1 is 0.850 bits per heavy atom. The molecule has 0 aliphatic heterocycles. The fourth-order valence-corrected chi connectivity index (χ4v) is 3.47. The number of nitrogens with one attached hydrogen (secondary N) is 1. The number of Topliss-reactive ketones (excluding diaryl/α,β-unsaturated/α-hetero) is 1. The topological polar surface area (TPSA) is 83.5 Å². The van der Waals surface area contributed by atoms with Crippen LogP contribution in [0.1, 0.15) is 122 Å². The largest absolute Gasteiger partial charge is 0.384 e. The maximum atomic E-state index is 11.2. The molecule has 0 heterocycles. The molecular formula is C35H55NO4. The molecule has 0 radical (unpaired) electrons. The van der Waals surface area contributed by atoms with Gasteiger partial charge in [0.1, 0.15) is 12.4 Å². The lowest BCUT2D eigenvalue weighted by molar-refractivity contribution is -0.127. The molecule has 40 heavy (non-hydrogen) atoms. The lowest BCUT2D eigenvalue weighted by Gasteiger charge is -2.28. The van der Waals surface area contributed by atoms with Gasteiger partial charge in [0.15, 0.2) is 5.78 Å². The molecule has 0 bridgehead atoms. The Bertz CT molecular complexity index is 959. The van der Waals surface area contributed by atoms with Crippen LogP contribution in [0, 0.1) is 17.3 Å². The van der Waals surface area contributed by atoms with Gasteiger partial charge < -0.3 is 15.2 Å². The second-order valence-corrected chi connectivity index (χ2v) is 8.87. The number of benzene rings is 2. The molecule has 2 N–H and O–H groups in total. The molecule has 224 valence electrons. The highest BCUT2D eigenvalue weighted by atomic mass is 16.3. The molecule has 0 aliphatic carbocycles. The molecule has 5 heteroatoms. The fraction of sp³-hybridized carbons (Fsp3) is 0.514. The van der Waals surface area contributed by atoms with Crippen LogP contribution in [0.25, 0.3) is 0 Å². The van der Waals surface area contributed by atoms with Crippen LogP contribution in [0.3, 0.4) is 0 Å². The Labute approximate surface area is 245 Å². The number of aliphatic hydroxyl groups is 1. The molecule has 1 unspecified atom stereocenters. The highest BCUT2D eigenvalue weighted by Crippen LogP contribution is 2.33. The van der Waals surface area contributed by atoms with E-state index in [0.717, 1.165) is 29.4 Å². The van der Waals surface area contributed by atoms with Crippen molar-refractivity contribution in [3.63, 3.8) is 0 Å². The zero-order valence-corrected chi connectivity index (χ0v) is 27.0. The summed E-state index contributed by atoms with van der Waals surface area (Å²) in [5, 5.41) is 10.7. The highest BCUT2D eigenvalue weighted by Gasteiger charge is 2.20. The summed E-state index contributed by atoms with van der Waals surface area (Å²) in [6, 6.07) is 15.7. The minimum atomic E-state index is -0.884. The van der Waals surface area contributed by atoms with E-state index in [-0.39, 0.29) is 11.7 Å². The SMILES string of the molecule is CC.CC=O.CCC(CC)(CC)CC.CCc1ccc(C#Cc2ccc(C(C)=O)cc2)cc1.CNC(=O)C(C)O. The maximum Gasteiger partial charge on any atom is 0.248 e. The van der Waals surface area contributed by atoms with Gasteiger partial charge in [-0.05, 0) is 62.4 Å². The van der Waals surface area contributed by atoms with Crippen molar-refractivity contribution < 1.29 is 19.5 Å². The molecular weight excluding hydrogens is 498 g/mol. The molecule has 0 spiro atoms. The summed E-state index contributed by atoms with van der Waals surface area (Å²) in [7, 11) is 1.48. The van der Waals surface area contributed by atoms with Crippen molar-refractivity contribution in [2.24, 2.45) is 5.41 Å². The number of ketones is 1. The van der Waals surface area contributed by atoms with Gasteiger partial charge in [0.2, 0.25) is 5.91 Å². The fourth-order valence-electron chi connectivity index (χ4n) is 3.47. The van der Waals surface area contributed by atoms with Gasteiger partial charge in [0.05, 0.1) is 0 Å². The molecule has 1 atom stereocenters. The van der Waals surface area contributed by atoms with E-state index in [9.17, 15) is 9.59 Å². The van der Waals surface area contributed by atoms with Crippen LogP contribution in [0.15, 0.2) is 48.5 Å². The van der Waals surface area contributed by atoms with Crippen molar-refractivity contribution in [2.75, 3.05) is 7.05 Å². The van der Waals surface area contributed by atoms with Gasteiger partial charge >= 0.3 is 0 Å². The third-order valence-electron chi connectivity index (χ3n) is 6.63. The van der Waals surface area contributed by atoms with E-state index in [1.165, 1.54) is 52.1 Å². The third-order valence-corrected chi connectivity index (χ3v) is 6.63. The lowest BCUT2D eigenvalue weighted by atomic mass is 9.78. The van der Waals surface area contributed by atoms with Crippen LogP contribution >= 0.6 is 0 Å². The quantitative estimate of drug-likeness (QED) is 0.208. The van der Waals surface area contributed by atoms with E-state index in [1.807, 2.05) is 50.2 Å².